The Hall–Kier alpha value is -2.13. The van der Waals surface area contributed by atoms with Crippen molar-refractivity contribution in [1.29, 1.82) is 0 Å². The van der Waals surface area contributed by atoms with E-state index in [0.29, 0.717) is 5.56 Å². The van der Waals surface area contributed by atoms with Gasteiger partial charge in [0.25, 0.3) is 0 Å². The van der Waals surface area contributed by atoms with E-state index in [0.717, 1.165) is 52.4 Å². The topological polar surface area (TPSA) is 3.24 Å². The molecule has 1 saturated carbocycles. The second-order valence-corrected chi connectivity index (χ2v) is 9.29. The summed E-state index contributed by atoms with van der Waals surface area (Å²) >= 11 is 6.39. The first kappa shape index (κ1) is 30.9. The van der Waals surface area contributed by atoms with Gasteiger partial charge in [0.2, 0.25) is 0 Å². The summed E-state index contributed by atoms with van der Waals surface area (Å²) in [6, 6.07) is 10.0. The Morgan fingerprint density at radius 2 is 1.51 bits per heavy atom. The molecule has 2 aromatic carbocycles. The summed E-state index contributed by atoms with van der Waals surface area (Å²) in [5, 5.41) is 0.834. The molecule has 1 saturated heterocycles. The summed E-state index contributed by atoms with van der Waals surface area (Å²) < 4.78 is 24.9. The zero-order valence-electron chi connectivity index (χ0n) is 22.6. The van der Waals surface area contributed by atoms with Gasteiger partial charge in [-0.1, -0.05) is 95.5 Å². The van der Waals surface area contributed by atoms with Crippen molar-refractivity contribution in [1.82, 2.24) is 4.90 Å². The first-order chi connectivity index (χ1) is 16.8. The molecule has 35 heavy (non-hydrogen) atoms. The van der Waals surface area contributed by atoms with E-state index in [1.54, 1.807) is 6.92 Å². The summed E-state index contributed by atoms with van der Waals surface area (Å²) in [6.07, 6.45) is 7.01. The number of halogens is 3. The fourth-order valence-corrected chi connectivity index (χ4v) is 4.98. The largest absolute Gasteiger partial charge is 0.371 e. The molecule has 1 aliphatic carbocycles. The molecular formula is C31H44ClF2N. The third-order valence-corrected chi connectivity index (χ3v) is 6.83. The number of nitrogens with zero attached hydrogens (tertiary/aromatic N) is 1. The molecule has 0 spiro atoms. The highest BCUT2D eigenvalue weighted by molar-refractivity contribution is 6.32. The van der Waals surface area contributed by atoms with E-state index in [1.807, 2.05) is 33.8 Å². The molecule has 4 heteroatoms. The van der Waals surface area contributed by atoms with Gasteiger partial charge in [-0.2, -0.15) is 0 Å². The van der Waals surface area contributed by atoms with Crippen molar-refractivity contribution in [3.8, 4) is 0 Å². The van der Waals surface area contributed by atoms with Crippen LogP contribution in [-0.2, 0) is 0 Å². The second kappa shape index (κ2) is 15.8. The predicted molar refractivity (Wildman–Crippen MR) is 151 cm³/mol. The first-order valence-corrected chi connectivity index (χ1v) is 13.5. The van der Waals surface area contributed by atoms with Gasteiger partial charge in [0.15, 0.2) is 11.6 Å². The van der Waals surface area contributed by atoms with Crippen molar-refractivity contribution >= 4 is 22.9 Å². The number of rotatable bonds is 3. The van der Waals surface area contributed by atoms with Crippen LogP contribution in [0.5, 0.6) is 0 Å². The molecule has 2 aromatic rings. The van der Waals surface area contributed by atoms with Gasteiger partial charge in [0, 0.05) is 24.4 Å². The lowest BCUT2D eigenvalue weighted by Crippen LogP contribution is -2.40. The molecule has 1 heterocycles. The van der Waals surface area contributed by atoms with Gasteiger partial charge in [-0.15, -0.1) is 0 Å². The summed E-state index contributed by atoms with van der Waals surface area (Å²) in [5.41, 5.74) is 4.77. The Balaban J connectivity index is 0.000000347. The van der Waals surface area contributed by atoms with E-state index in [9.17, 15) is 8.78 Å². The Morgan fingerprint density at radius 1 is 0.886 bits per heavy atom. The molecule has 4 rings (SSSR count). The summed E-state index contributed by atoms with van der Waals surface area (Å²) in [5.74, 6) is 0.181. The van der Waals surface area contributed by atoms with Gasteiger partial charge in [0.1, 0.15) is 0 Å². The molecule has 0 bridgehead atoms. The Bertz CT molecular complexity index is 953. The zero-order valence-corrected chi connectivity index (χ0v) is 23.3. The van der Waals surface area contributed by atoms with Crippen LogP contribution in [0.15, 0.2) is 49.6 Å². The average molecular weight is 504 g/mol. The van der Waals surface area contributed by atoms with Crippen LogP contribution < -0.4 is 0 Å². The number of piperidine rings is 1. The smallest absolute Gasteiger partial charge is 0.159 e. The van der Waals surface area contributed by atoms with E-state index in [2.05, 4.69) is 37.1 Å². The highest BCUT2D eigenvalue weighted by atomic mass is 35.5. The van der Waals surface area contributed by atoms with Gasteiger partial charge in [-0.05, 0) is 67.9 Å². The summed E-state index contributed by atoms with van der Waals surface area (Å²) in [6.45, 7) is 22.1. The molecule has 2 atom stereocenters. The van der Waals surface area contributed by atoms with Crippen LogP contribution >= 0.6 is 11.6 Å². The van der Waals surface area contributed by atoms with Gasteiger partial charge < -0.3 is 4.90 Å². The average Bonchev–Trinajstić information content (AvgIpc) is 2.88. The fraction of sp³-hybridized carbons (Fsp3) is 0.484. The Morgan fingerprint density at radius 3 is 2.09 bits per heavy atom. The van der Waals surface area contributed by atoms with Gasteiger partial charge in [-0.25, -0.2) is 8.78 Å². The number of benzene rings is 2. The maximum Gasteiger partial charge on any atom is 0.159 e. The molecule has 2 aliphatic rings. The highest BCUT2D eigenvalue weighted by Crippen LogP contribution is 2.38. The predicted octanol–water partition coefficient (Wildman–Crippen LogP) is 10.2. The number of likely N-dealkylation sites (tertiary alicyclic amines) is 1. The van der Waals surface area contributed by atoms with Crippen LogP contribution in [0.3, 0.4) is 0 Å². The molecular weight excluding hydrogens is 460 g/mol. The molecule has 194 valence electrons. The fourth-order valence-electron chi connectivity index (χ4n) is 4.63. The van der Waals surface area contributed by atoms with Gasteiger partial charge >= 0.3 is 0 Å². The monoisotopic (exact) mass is 503 g/mol. The number of fused-ring (bicyclic) bond motifs is 1. The molecule has 0 N–H and O–H groups in total. The number of aryl methyl sites for hydroxylation is 1. The standard InChI is InChI=1S/C18H24ClN.C9H8F2.2C2H6/c1-13-7-8-17(18(19)11-13)14(2)20-10-9-15-5-3-4-6-16(15)12-20;1-6(2)7-3-4-8(10)9(11)5-7;2*1-2/h7-8,11,15-16H,2-6,9-10,12H2,1H3;3-5H,1H2,2H3;2*1-2H3. The van der Waals surface area contributed by atoms with Crippen LogP contribution in [0.1, 0.15) is 83.4 Å². The zero-order chi connectivity index (χ0) is 26.5. The molecule has 0 radical (unpaired) electrons. The van der Waals surface area contributed by atoms with E-state index in [1.165, 1.54) is 50.3 Å². The van der Waals surface area contributed by atoms with Crippen molar-refractivity contribution in [2.24, 2.45) is 11.8 Å². The summed E-state index contributed by atoms with van der Waals surface area (Å²) in [4.78, 5) is 2.46. The molecule has 1 nitrogen and oxygen atoms in total. The molecule has 2 fully saturated rings. The molecule has 0 amide bonds. The van der Waals surface area contributed by atoms with Crippen molar-refractivity contribution in [2.45, 2.75) is 73.6 Å². The van der Waals surface area contributed by atoms with Crippen LogP contribution in [0.25, 0.3) is 11.3 Å². The molecule has 2 unspecified atom stereocenters. The Labute approximate surface area is 217 Å². The number of hydrogen-bond donors (Lipinski definition) is 0. The quantitative estimate of drug-likeness (QED) is 0.402. The Kier molecular flexibility index (Phi) is 13.9. The van der Waals surface area contributed by atoms with Crippen molar-refractivity contribution in [2.75, 3.05) is 13.1 Å². The van der Waals surface area contributed by atoms with Crippen LogP contribution in [0, 0.1) is 30.4 Å². The first-order valence-electron chi connectivity index (χ1n) is 13.1. The van der Waals surface area contributed by atoms with Crippen LogP contribution in [0.4, 0.5) is 8.78 Å². The third kappa shape index (κ3) is 9.11. The lowest BCUT2D eigenvalue weighted by molar-refractivity contribution is 0.124. The van der Waals surface area contributed by atoms with E-state index < -0.39 is 11.6 Å². The van der Waals surface area contributed by atoms with Crippen molar-refractivity contribution in [3.05, 3.63) is 82.9 Å². The third-order valence-electron chi connectivity index (χ3n) is 6.52. The normalized spacial score (nSPS) is 18.4. The van der Waals surface area contributed by atoms with E-state index >= 15 is 0 Å². The van der Waals surface area contributed by atoms with Gasteiger partial charge in [-0.3, -0.25) is 0 Å². The number of hydrogen-bond acceptors (Lipinski definition) is 1. The lowest BCUT2D eigenvalue weighted by atomic mass is 9.75. The maximum absolute atomic E-state index is 12.5. The molecule has 0 aromatic heterocycles. The summed E-state index contributed by atoms with van der Waals surface area (Å²) in [7, 11) is 0. The van der Waals surface area contributed by atoms with Crippen LogP contribution in [-0.4, -0.2) is 18.0 Å². The maximum atomic E-state index is 12.5. The molecule has 1 aliphatic heterocycles. The van der Waals surface area contributed by atoms with Crippen LogP contribution in [0.2, 0.25) is 5.02 Å². The SMILES string of the molecule is C=C(C)c1ccc(F)c(F)c1.C=C(c1ccc(C)cc1Cl)N1CCC2CCCCC2C1.CC.CC. The second-order valence-electron chi connectivity index (χ2n) is 8.88. The number of allylic oxidation sites excluding steroid dienone is 1. The van der Waals surface area contributed by atoms with E-state index in [4.69, 9.17) is 11.6 Å². The minimum absolute atomic E-state index is 0.629. The minimum Gasteiger partial charge on any atom is -0.371 e. The van der Waals surface area contributed by atoms with Crippen molar-refractivity contribution < 1.29 is 8.78 Å². The van der Waals surface area contributed by atoms with Crippen molar-refractivity contribution in [3.63, 3.8) is 0 Å². The van der Waals surface area contributed by atoms with E-state index in [-0.39, 0.29) is 0 Å². The minimum atomic E-state index is -0.828. The highest BCUT2D eigenvalue weighted by Gasteiger charge is 2.31. The lowest BCUT2D eigenvalue weighted by Gasteiger charge is -2.43. The van der Waals surface area contributed by atoms with Gasteiger partial charge in [0.05, 0.1) is 5.02 Å².